The van der Waals surface area contributed by atoms with E-state index in [1.54, 1.807) is 24.5 Å². The number of amides is 1. The third-order valence-corrected chi connectivity index (χ3v) is 6.88. The lowest BCUT2D eigenvalue weighted by Gasteiger charge is -2.21. The highest BCUT2D eigenvalue weighted by molar-refractivity contribution is 6.04. The highest BCUT2D eigenvalue weighted by atomic mass is 16.1. The number of nitrogens with one attached hydrogen (secondary N) is 1. The van der Waals surface area contributed by atoms with Crippen LogP contribution < -0.4 is 11.1 Å². The molecule has 1 atom stereocenters. The van der Waals surface area contributed by atoms with Crippen LogP contribution in [-0.4, -0.2) is 35.0 Å². The van der Waals surface area contributed by atoms with Crippen molar-refractivity contribution in [2.75, 3.05) is 11.1 Å². The summed E-state index contributed by atoms with van der Waals surface area (Å²) in [4.78, 5) is 26.4. The Morgan fingerprint density at radius 3 is 2.78 bits per heavy atom. The van der Waals surface area contributed by atoms with E-state index in [1.807, 2.05) is 55.3 Å². The number of nitrogens with two attached hydrogens (primary N) is 1. The van der Waals surface area contributed by atoms with E-state index in [0.29, 0.717) is 17.2 Å². The molecule has 0 spiro atoms. The number of hydrogen-bond acceptors (Lipinski definition) is 6. The number of nitrogen functional groups attached to an aromatic ring is 1. The number of pyridine rings is 1. The molecule has 1 aromatic carbocycles. The number of anilines is 2. The zero-order chi connectivity index (χ0) is 24.8. The summed E-state index contributed by atoms with van der Waals surface area (Å²) < 4.78 is 4.01. The van der Waals surface area contributed by atoms with E-state index in [0.717, 1.165) is 47.4 Å². The van der Waals surface area contributed by atoms with Crippen LogP contribution >= 0.6 is 0 Å². The Hall–Kier alpha value is -4.53. The third kappa shape index (κ3) is 3.69. The van der Waals surface area contributed by atoms with Crippen molar-refractivity contribution in [3.8, 4) is 11.3 Å². The Morgan fingerprint density at radius 2 is 1.97 bits per heavy atom. The predicted octanol–water partition coefficient (Wildman–Crippen LogP) is 4.14. The normalized spacial score (nSPS) is 15.1. The number of fused-ring (bicyclic) bond motifs is 2. The molecule has 0 bridgehead atoms. The van der Waals surface area contributed by atoms with Crippen molar-refractivity contribution in [3.05, 3.63) is 89.4 Å². The monoisotopic (exact) mass is 478 g/mol. The van der Waals surface area contributed by atoms with Crippen LogP contribution in [-0.2, 0) is 13.5 Å². The minimum atomic E-state index is -0.220. The first-order valence-electron chi connectivity index (χ1n) is 12.0. The van der Waals surface area contributed by atoms with Gasteiger partial charge in [-0.05, 0) is 56.0 Å². The van der Waals surface area contributed by atoms with Crippen molar-refractivity contribution in [1.82, 2.24) is 29.1 Å². The second-order valence-electron chi connectivity index (χ2n) is 9.21. The summed E-state index contributed by atoms with van der Waals surface area (Å²) in [6.45, 7) is 1.96. The van der Waals surface area contributed by atoms with Crippen molar-refractivity contribution < 1.29 is 4.79 Å². The number of hydrogen-bond donors (Lipinski definition) is 2. The van der Waals surface area contributed by atoms with Gasteiger partial charge >= 0.3 is 0 Å². The predicted molar refractivity (Wildman–Crippen MR) is 138 cm³/mol. The topological polar surface area (TPSA) is 116 Å². The third-order valence-electron chi connectivity index (χ3n) is 6.88. The molecule has 1 amide bonds. The van der Waals surface area contributed by atoms with Gasteiger partial charge in [-0.1, -0.05) is 12.1 Å². The second-order valence-corrected chi connectivity index (χ2v) is 9.21. The highest BCUT2D eigenvalue weighted by Gasteiger charge is 2.30. The number of rotatable bonds is 4. The maximum Gasteiger partial charge on any atom is 0.256 e. The van der Waals surface area contributed by atoms with E-state index < -0.39 is 0 Å². The smallest absolute Gasteiger partial charge is 0.256 e. The number of carbonyl (C=O) groups is 1. The Kier molecular flexibility index (Phi) is 5.25. The van der Waals surface area contributed by atoms with E-state index in [4.69, 9.17) is 10.7 Å². The number of carbonyl (C=O) groups excluding carboxylic acids is 1. The second kappa shape index (κ2) is 8.60. The lowest BCUT2D eigenvalue weighted by molar-refractivity contribution is 0.102. The summed E-state index contributed by atoms with van der Waals surface area (Å²) in [6.07, 6.45) is 10.3. The van der Waals surface area contributed by atoms with Gasteiger partial charge < -0.3 is 11.1 Å². The van der Waals surface area contributed by atoms with Gasteiger partial charge in [-0.3, -0.25) is 13.9 Å². The van der Waals surface area contributed by atoms with Crippen LogP contribution in [0.25, 0.3) is 16.8 Å². The maximum absolute atomic E-state index is 12.8. The van der Waals surface area contributed by atoms with Crippen molar-refractivity contribution in [1.29, 1.82) is 0 Å². The first-order valence-corrected chi connectivity index (χ1v) is 12.0. The number of aromatic nitrogens is 6. The van der Waals surface area contributed by atoms with Gasteiger partial charge in [0.2, 0.25) is 0 Å². The molecule has 3 N–H and O–H groups in total. The number of benzene rings is 1. The molecule has 9 heteroatoms. The molecule has 1 aliphatic carbocycles. The van der Waals surface area contributed by atoms with Crippen LogP contribution in [0.2, 0.25) is 0 Å². The Bertz CT molecular complexity index is 1600. The quantitative estimate of drug-likeness (QED) is 0.401. The summed E-state index contributed by atoms with van der Waals surface area (Å²) >= 11 is 0. The Labute approximate surface area is 208 Å². The highest BCUT2D eigenvalue weighted by Crippen LogP contribution is 2.39. The van der Waals surface area contributed by atoms with Gasteiger partial charge in [-0.15, -0.1) is 0 Å². The van der Waals surface area contributed by atoms with Crippen LogP contribution in [0.1, 0.15) is 51.8 Å². The van der Waals surface area contributed by atoms with Gasteiger partial charge in [-0.2, -0.15) is 5.10 Å². The van der Waals surface area contributed by atoms with Crippen LogP contribution in [0.4, 0.5) is 11.6 Å². The molecular formula is C27H26N8O. The molecule has 0 radical (unpaired) electrons. The van der Waals surface area contributed by atoms with E-state index in [9.17, 15) is 4.79 Å². The molecule has 9 nitrogen and oxygen atoms in total. The molecule has 5 aromatic rings. The number of nitrogens with zero attached hydrogens (tertiary/aromatic N) is 6. The average molecular weight is 479 g/mol. The summed E-state index contributed by atoms with van der Waals surface area (Å²) in [5.74, 6) is 1.77. The van der Waals surface area contributed by atoms with Crippen molar-refractivity contribution in [3.63, 3.8) is 0 Å². The lowest BCUT2D eigenvalue weighted by Crippen LogP contribution is -2.14. The SMILES string of the molecule is Cc1ccnc(NC(=O)c2ccc(-c3nc([C@H]4CCCc5c4cnn5C)n4ccnc(N)c34)cc2)c1. The first kappa shape index (κ1) is 22.0. The Balaban J connectivity index is 1.37. The van der Waals surface area contributed by atoms with Crippen LogP contribution in [0, 0.1) is 6.92 Å². The molecule has 0 saturated heterocycles. The summed E-state index contributed by atoms with van der Waals surface area (Å²) in [5, 5.41) is 7.35. The van der Waals surface area contributed by atoms with E-state index >= 15 is 0 Å². The summed E-state index contributed by atoms with van der Waals surface area (Å²) in [7, 11) is 1.99. The fourth-order valence-electron chi connectivity index (χ4n) is 5.08. The molecule has 0 aliphatic heterocycles. The van der Waals surface area contributed by atoms with Gasteiger partial charge in [0.25, 0.3) is 5.91 Å². The minimum Gasteiger partial charge on any atom is -0.382 e. The van der Waals surface area contributed by atoms with Gasteiger partial charge in [-0.25, -0.2) is 15.0 Å². The Morgan fingerprint density at radius 1 is 1.14 bits per heavy atom. The average Bonchev–Trinajstić information content (AvgIpc) is 3.46. The van der Waals surface area contributed by atoms with Gasteiger partial charge in [0.1, 0.15) is 28.7 Å². The molecule has 0 unspecified atom stereocenters. The minimum absolute atomic E-state index is 0.123. The molecule has 4 aromatic heterocycles. The fraction of sp³-hybridized carbons (Fsp3) is 0.222. The standard InChI is InChI=1S/C27H26N8O/c1-16-10-11-29-22(14-16)32-27(36)18-8-6-17(7-9-18)23-24-25(28)30-12-13-35(24)26(33-23)19-4-3-5-21-20(19)15-31-34(21)2/h6-15,19H,3-5H2,1-2H3,(H2,28,30)(H,29,32,36)/t19-/m0/s1. The van der Waals surface area contributed by atoms with Crippen LogP contribution in [0.15, 0.2) is 61.2 Å². The molecule has 180 valence electrons. The van der Waals surface area contributed by atoms with E-state index in [2.05, 4.69) is 24.8 Å². The van der Waals surface area contributed by atoms with Crippen LogP contribution in [0.5, 0.6) is 0 Å². The van der Waals surface area contributed by atoms with Gasteiger partial charge in [0.05, 0.1) is 6.20 Å². The molecule has 4 heterocycles. The van der Waals surface area contributed by atoms with Gasteiger partial charge in [0, 0.05) is 53.9 Å². The zero-order valence-electron chi connectivity index (χ0n) is 20.1. The largest absolute Gasteiger partial charge is 0.382 e. The fourth-order valence-corrected chi connectivity index (χ4v) is 5.08. The molecule has 36 heavy (non-hydrogen) atoms. The molecule has 1 aliphatic rings. The van der Waals surface area contributed by atoms with E-state index in [-0.39, 0.29) is 11.8 Å². The molecular weight excluding hydrogens is 452 g/mol. The zero-order valence-corrected chi connectivity index (χ0v) is 20.1. The number of aryl methyl sites for hydroxylation is 2. The van der Waals surface area contributed by atoms with Crippen molar-refractivity contribution in [2.24, 2.45) is 7.05 Å². The summed E-state index contributed by atoms with van der Waals surface area (Å²) in [5.41, 5.74) is 12.8. The first-order chi connectivity index (χ1) is 17.5. The molecule has 6 rings (SSSR count). The molecule has 0 saturated carbocycles. The summed E-state index contributed by atoms with van der Waals surface area (Å²) in [6, 6.07) is 11.1. The maximum atomic E-state index is 12.8. The molecule has 0 fully saturated rings. The van der Waals surface area contributed by atoms with E-state index in [1.165, 1.54) is 11.3 Å². The number of imidazole rings is 1. The van der Waals surface area contributed by atoms with Crippen LogP contribution in [0.3, 0.4) is 0 Å². The van der Waals surface area contributed by atoms with Crippen molar-refractivity contribution in [2.45, 2.75) is 32.1 Å². The van der Waals surface area contributed by atoms with Crippen molar-refractivity contribution >= 4 is 23.1 Å². The lowest BCUT2D eigenvalue weighted by atomic mass is 9.86. The van der Waals surface area contributed by atoms with Gasteiger partial charge in [0.15, 0.2) is 0 Å².